The maximum Gasteiger partial charge on any atom is 0.321 e. The Morgan fingerprint density at radius 1 is 1.35 bits per heavy atom. The first kappa shape index (κ1) is 17.7. The molecule has 0 radical (unpaired) electrons. The summed E-state index contributed by atoms with van der Waals surface area (Å²) in [5.41, 5.74) is 0. The van der Waals surface area contributed by atoms with Crippen LogP contribution < -0.4 is 4.72 Å². The van der Waals surface area contributed by atoms with Crippen molar-refractivity contribution in [2.75, 3.05) is 6.61 Å². The molecule has 0 aliphatic heterocycles. The lowest BCUT2D eigenvalue weighted by Gasteiger charge is -2.15. The van der Waals surface area contributed by atoms with Crippen molar-refractivity contribution in [2.24, 2.45) is 0 Å². The van der Waals surface area contributed by atoms with Gasteiger partial charge in [0.15, 0.2) is 0 Å². The average molecular weight is 407 g/mol. The molecule has 0 aliphatic rings. The van der Waals surface area contributed by atoms with Gasteiger partial charge in [0.05, 0.1) is 10.0 Å². The minimum absolute atomic E-state index is 0.148. The average Bonchev–Trinajstić information content (AvgIpc) is 2.25. The predicted octanol–water partition coefficient (Wildman–Crippen LogP) is 1.87. The molecule has 0 saturated carbocycles. The summed E-state index contributed by atoms with van der Waals surface area (Å²) in [6.45, 7) is -0.485. The molecule has 112 valence electrons. The summed E-state index contributed by atoms with van der Waals surface area (Å²) in [6, 6.07) is 1.17. The molecule has 1 aromatic carbocycles. The second kappa shape index (κ2) is 7.06. The molecule has 0 saturated heterocycles. The van der Waals surface area contributed by atoms with Gasteiger partial charge >= 0.3 is 5.97 Å². The molecule has 6 nitrogen and oxygen atoms in total. The molecule has 1 rings (SSSR count). The van der Waals surface area contributed by atoms with E-state index in [0.29, 0.717) is 4.47 Å². The molecule has 0 fully saturated rings. The number of aliphatic hydroxyl groups is 1. The van der Waals surface area contributed by atoms with E-state index >= 15 is 0 Å². The van der Waals surface area contributed by atoms with Gasteiger partial charge in [-0.1, -0.05) is 39.1 Å². The van der Waals surface area contributed by atoms with Crippen LogP contribution in [0.2, 0.25) is 10.0 Å². The fourth-order valence-corrected chi connectivity index (χ4v) is 4.55. The Balaban J connectivity index is 3.20. The summed E-state index contributed by atoms with van der Waals surface area (Å²) in [5, 5.41) is 17.3. The van der Waals surface area contributed by atoms with Crippen molar-refractivity contribution in [2.45, 2.75) is 17.4 Å². The lowest BCUT2D eigenvalue weighted by atomic mass is 10.2. The van der Waals surface area contributed by atoms with Gasteiger partial charge in [-0.3, -0.25) is 4.79 Å². The van der Waals surface area contributed by atoms with Gasteiger partial charge in [0.2, 0.25) is 10.0 Å². The van der Waals surface area contributed by atoms with Crippen LogP contribution in [0, 0.1) is 0 Å². The van der Waals surface area contributed by atoms with E-state index in [1.54, 1.807) is 0 Å². The number of benzene rings is 1. The molecular weight excluding hydrogens is 397 g/mol. The zero-order valence-corrected chi connectivity index (χ0v) is 13.7. The molecule has 1 aromatic rings. The second-order valence-electron chi connectivity index (χ2n) is 3.72. The third-order valence-corrected chi connectivity index (χ3v) is 5.10. The van der Waals surface area contributed by atoms with Gasteiger partial charge in [0.1, 0.15) is 10.9 Å². The minimum atomic E-state index is -4.23. The highest BCUT2D eigenvalue weighted by atomic mass is 79.9. The van der Waals surface area contributed by atoms with Crippen LogP contribution in [-0.4, -0.2) is 37.2 Å². The number of halogens is 3. The number of nitrogens with one attached hydrogen (secondary N) is 1. The normalized spacial score (nSPS) is 13.2. The molecule has 20 heavy (non-hydrogen) atoms. The number of aliphatic carboxylic acids is 1. The molecule has 0 aromatic heterocycles. The van der Waals surface area contributed by atoms with Crippen molar-refractivity contribution in [3.8, 4) is 0 Å². The third-order valence-electron chi connectivity index (χ3n) is 2.25. The molecular formula is C10H10BrCl2NO5S. The standard InChI is InChI=1S/C10H10BrCl2NO5S/c11-5-3-6(12)9(7(13)4-5)20(18,19)14-8(1-2-15)10(16)17/h3-4,8,14-15H,1-2H2,(H,16,17)/t8-/m0/s1. The summed E-state index contributed by atoms with van der Waals surface area (Å²) >= 11 is 14.8. The first-order valence-electron chi connectivity index (χ1n) is 5.19. The number of carboxylic acid groups (broad SMARTS) is 1. The van der Waals surface area contributed by atoms with E-state index in [2.05, 4.69) is 15.9 Å². The van der Waals surface area contributed by atoms with Gasteiger partial charge in [-0.15, -0.1) is 0 Å². The van der Waals surface area contributed by atoms with Crippen LogP contribution in [0.3, 0.4) is 0 Å². The number of hydrogen-bond donors (Lipinski definition) is 3. The van der Waals surface area contributed by atoms with Crippen LogP contribution in [0.5, 0.6) is 0 Å². The van der Waals surface area contributed by atoms with E-state index in [1.165, 1.54) is 12.1 Å². The van der Waals surface area contributed by atoms with Crippen molar-refractivity contribution < 1.29 is 23.4 Å². The highest BCUT2D eigenvalue weighted by Gasteiger charge is 2.28. The fourth-order valence-electron chi connectivity index (χ4n) is 1.39. The van der Waals surface area contributed by atoms with Crippen molar-refractivity contribution >= 4 is 55.1 Å². The molecule has 0 heterocycles. The molecule has 0 aliphatic carbocycles. The quantitative estimate of drug-likeness (QED) is 0.668. The van der Waals surface area contributed by atoms with Gasteiger partial charge in [-0.05, 0) is 18.6 Å². The molecule has 1 atom stereocenters. The lowest BCUT2D eigenvalue weighted by molar-refractivity contribution is -0.139. The zero-order valence-electron chi connectivity index (χ0n) is 9.81. The van der Waals surface area contributed by atoms with Crippen LogP contribution in [-0.2, 0) is 14.8 Å². The van der Waals surface area contributed by atoms with Crippen molar-refractivity contribution in [3.63, 3.8) is 0 Å². The van der Waals surface area contributed by atoms with Crippen LogP contribution >= 0.6 is 39.1 Å². The Morgan fingerprint density at radius 3 is 2.25 bits per heavy atom. The maximum absolute atomic E-state index is 12.1. The summed E-state index contributed by atoms with van der Waals surface area (Å²) in [5.74, 6) is -1.41. The molecule has 3 N–H and O–H groups in total. The van der Waals surface area contributed by atoms with Gasteiger partial charge in [0, 0.05) is 11.1 Å². The molecule has 0 amide bonds. The van der Waals surface area contributed by atoms with Crippen LogP contribution in [0.4, 0.5) is 0 Å². The number of sulfonamides is 1. The fraction of sp³-hybridized carbons (Fsp3) is 0.300. The predicted molar refractivity (Wildman–Crippen MR) is 77.6 cm³/mol. The maximum atomic E-state index is 12.1. The zero-order chi connectivity index (χ0) is 15.5. The molecule has 0 unspecified atom stereocenters. The second-order valence-corrected chi connectivity index (χ2v) is 7.10. The van der Waals surface area contributed by atoms with Gasteiger partial charge in [-0.2, -0.15) is 4.72 Å². The van der Waals surface area contributed by atoms with E-state index in [1.807, 2.05) is 4.72 Å². The summed E-state index contributed by atoms with van der Waals surface area (Å²) in [7, 11) is -4.23. The number of carbonyl (C=O) groups is 1. The monoisotopic (exact) mass is 405 g/mol. The Labute approximate surface area is 133 Å². The van der Waals surface area contributed by atoms with Gasteiger partial charge in [0.25, 0.3) is 0 Å². The number of carboxylic acids is 1. The van der Waals surface area contributed by atoms with Crippen LogP contribution in [0.25, 0.3) is 0 Å². The van der Waals surface area contributed by atoms with Crippen LogP contribution in [0.15, 0.2) is 21.5 Å². The highest BCUT2D eigenvalue weighted by molar-refractivity contribution is 9.10. The SMILES string of the molecule is O=C(O)[C@H](CCO)NS(=O)(=O)c1c(Cl)cc(Br)cc1Cl. The van der Waals surface area contributed by atoms with E-state index in [-0.39, 0.29) is 16.5 Å². The number of hydrogen-bond acceptors (Lipinski definition) is 4. The summed E-state index contributed by atoms with van der Waals surface area (Å²) < 4.78 is 26.7. The molecule has 10 heteroatoms. The lowest BCUT2D eigenvalue weighted by Crippen LogP contribution is -2.41. The van der Waals surface area contributed by atoms with E-state index < -0.39 is 33.5 Å². The van der Waals surface area contributed by atoms with Gasteiger partial charge < -0.3 is 10.2 Å². The Hall–Kier alpha value is -0.380. The van der Waals surface area contributed by atoms with Crippen molar-refractivity contribution in [3.05, 3.63) is 26.7 Å². The minimum Gasteiger partial charge on any atom is -0.480 e. The topological polar surface area (TPSA) is 104 Å². The summed E-state index contributed by atoms with van der Waals surface area (Å²) in [6.07, 6.45) is -0.277. The third kappa shape index (κ3) is 4.31. The first-order valence-corrected chi connectivity index (χ1v) is 8.22. The smallest absolute Gasteiger partial charge is 0.321 e. The van der Waals surface area contributed by atoms with Crippen molar-refractivity contribution in [1.82, 2.24) is 4.72 Å². The molecule has 0 bridgehead atoms. The Kier molecular flexibility index (Phi) is 6.24. The first-order chi connectivity index (χ1) is 9.19. The van der Waals surface area contributed by atoms with Crippen molar-refractivity contribution in [1.29, 1.82) is 0 Å². The Morgan fingerprint density at radius 2 is 1.85 bits per heavy atom. The number of aliphatic hydroxyl groups excluding tert-OH is 1. The highest BCUT2D eigenvalue weighted by Crippen LogP contribution is 2.32. The Bertz CT molecular complexity index is 599. The van der Waals surface area contributed by atoms with Gasteiger partial charge in [-0.25, -0.2) is 8.42 Å². The summed E-state index contributed by atoms with van der Waals surface area (Å²) in [4.78, 5) is 10.5. The molecule has 0 spiro atoms. The van der Waals surface area contributed by atoms with E-state index in [0.717, 1.165) is 0 Å². The van der Waals surface area contributed by atoms with E-state index in [9.17, 15) is 13.2 Å². The van der Waals surface area contributed by atoms with Crippen LogP contribution in [0.1, 0.15) is 6.42 Å². The largest absolute Gasteiger partial charge is 0.480 e. The number of rotatable bonds is 6. The van der Waals surface area contributed by atoms with E-state index in [4.69, 9.17) is 33.4 Å².